The first-order chi connectivity index (χ1) is 11.4. The lowest BCUT2D eigenvalue weighted by Crippen LogP contribution is -2.34. The predicted octanol–water partition coefficient (Wildman–Crippen LogP) is 2.95. The first-order valence-corrected chi connectivity index (χ1v) is 7.85. The number of benzene rings is 1. The van der Waals surface area contributed by atoms with Gasteiger partial charge in [-0.3, -0.25) is 14.7 Å². The fourth-order valence-electron chi connectivity index (χ4n) is 2.34. The van der Waals surface area contributed by atoms with Gasteiger partial charge < -0.3 is 5.32 Å². The number of amides is 2. The normalized spacial score (nSPS) is 17.2. The van der Waals surface area contributed by atoms with Crippen LogP contribution >= 0.6 is 34.8 Å². The summed E-state index contributed by atoms with van der Waals surface area (Å²) < 4.78 is 0. The molecule has 2 amide bonds. The van der Waals surface area contributed by atoms with Gasteiger partial charge in [0.25, 0.3) is 5.91 Å². The van der Waals surface area contributed by atoms with Crippen LogP contribution in [-0.2, 0) is 9.59 Å². The molecule has 0 spiro atoms. The van der Waals surface area contributed by atoms with Crippen molar-refractivity contribution in [3.8, 4) is 0 Å². The van der Waals surface area contributed by atoms with E-state index in [0.29, 0.717) is 10.7 Å². The minimum atomic E-state index is -0.848. The van der Waals surface area contributed by atoms with Gasteiger partial charge in [0.1, 0.15) is 17.4 Å². The molecule has 0 aliphatic carbocycles. The van der Waals surface area contributed by atoms with Crippen LogP contribution in [0.15, 0.2) is 29.5 Å². The van der Waals surface area contributed by atoms with Gasteiger partial charge in [-0.05, 0) is 18.2 Å². The number of aromatic amines is 1. The summed E-state index contributed by atoms with van der Waals surface area (Å²) in [4.78, 5) is 24.3. The van der Waals surface area contributed by atoms with E-state index < -0.39 is 11.8 Å². The zero-order chi connectivity index (χ0) is 17.4. The van der Waals surface area contributed by atoms with Crippen molar-refractivity contribution in [1.29, 1.82) is 0 Å². The van der Waals surface area contributed by atoms with Gasteiger partial charge in [0.2, 0.25) is 5.91 Å². The SMILES string of the molecule is CC(=O)NC1=NN(c2c(Cl)cc(Cl)cc2Cl)C(=O)C1c1ccn[nH]1. The molecule has 124 valence electrons. The zero-order valence-corrected chi connectivity index (χ0v) is 14.4. The number of hydrogen-bond donors (Lipinski definition) is 2. The Morgan fingerprint density at radius 2 is 1.96 bits per heavy atom. The second kappa shape index (κ2) is 6.43. The second-order valence-electron chi connectivity index (χ2n) is 4.98. The standard InChI is InChI=1S/C14H10Cl3N5O2/c1-6(23)19-13-11(10-2-3-18-20-10)14(24)22(21-13)12-8(16)4-7(15)5-9(12)17/h2-5,11H,1H3,(H,18,20)(H,19,21,23). The van der Waals surface area contributed by atoms with Crippen LogP contribution in [0.1, 0.15) is 18.5 Å². The number of hydrazone groups is 1. The first kappa shape index (κ1) is 16.8. The number of nitrogens with one attached hydrogen (secondary N) is 2. The monoisotopic (exact) mass is 385 g/mol. The molecular weight excluding hydrogens is 377 g/mol. The Morgan fingerprint density at radius 1 is 1.29 bits per heavy atom. The molecule has 0 saturated carbocycles. The Labute approximate surface area is 151 Å². The van der Waals surface area contributed by atoms with Crippen LogP contribution in [0.25, 0.3) is 0 Å². The van der Waals surface area contributed by atoms with E-state index in [1.165, 1.54) is 25.3 Å². The highest BCUT2D eigenvalue weighted by atomic mass is 35.5. The molecule has 24 heavy (non-hydrogen) atoms. The van der Waals surface area contributed by atoms with Crippen LogP contribution < -0.4 is 10.3 Å². The highest BCUT2D eigenvalue weighted by molar-refractivity contribution is 6.43. The summed E-state index contributed by atoms with van der Waals surface area (Å²) in [7, 11) is 0. The minimum Gasteiger partial charge on any atom is -0.312 e. The number of aromatic nitrogens is 2. The number of amidine groups is 1. The molecule has 0 radical (unpaired) electrons. The number of rotatable bonds is 2. The summed E-state index contributed by atoms with van der Waals surface area (Å²) in [5.74, 6) is -1.49. The topological polar surface area (TPSA) is 90.4 Å². The Morgan fingerprint density at radius 3 is 2.50 bits per heavy atom. The number of nitrogens with zero attached hydrogens (tertiary/aromatic N) is 3. The maximum atomic E-state index is 12.8. The molecule has 1 atom stereocenters. The summed E-state index contributed by atoms with van der Waals surface area (Å²) in [6, 6.07) is 4.53. The zero-order valence-electron chi connectivity index (χ0n) is 12.2. The molecule has 2 heterocycles. The van der Waals surface area contributed by atoms with Crippen molar-refractivity contribution in [1.82, 2.24) is 15.5 Å². The quantitative estimate of drug-likeness (QED) is 0.831. The Hall–Kier alpha value is -2.09. The van der Waals surface area contributed by atoms with Crippen molar-refractivity contribution >= 4 is 58.1 Å². The molecule has 0 saturated heterocycles. The van der Waals surface area contributed by atoms with E-state index in [-0.39, 0.29) is 27.5 Å². The molecule has 1 aromatic carbocycles. The lowest BCUT2D eigenvalue weighted by molar-refractivity contribution is -0.118. The van der Waals surface area contributed by atoms with Gasteiger partial charge in [-0.15, -0.1) is 0 Å². The smallest absolute Gasteiger partial charge is 0.264 e. The summed E-state index contributed by atoms with van der Waals surface area (Å²) in [6.07, 6.45) is 1.50. The van der Waals surface area contributed by atoms with Gasteiger partial charge in [-0.2, -0.15) is 15.2 Å². The van der Waals surface area contributed by atoms with E-state index in [2.05, 4.69) is 20.6 Å². The van der Waals surface area contributed by atoms with Crippen LogP contribution in [0.3, 0.4) is 0 Å². The molecule has 0 bridgehead atoms. The number of hydrogen-bond acceptors (Lipinski definition) is 4. The Balaban J connectivity index is 2.08. The minimum absolute atomic E-state index is 0.152. The molecule has 3 rings (SSSR count). The maximum absolute atomic E-state index is 12.8. The lowest BCUT2D eigenvalue weighted by Gasteiger charge is -2.16. The molecule has 1 unspecified atom stereocenters. The Kier molecular flexibility index (Phi) is 4.49. The fourth-order valence-corrected chi connectivity index (χ4v) is 3.31. The van der Waals surface area contributed by atoms with E-state index >= 15 is 0 Å². The number of anilines is 1. The van der Waals surface area contributed by atoms with Gasteiger partial charge in [0.05, 0.1) is 15.7 Å². The summed E-state index contributed by atoms with van der Waals surface area (Å²) in [6.45, 7) is 1.32. The number of H-pyrrole nitrogens is 1. The van der Waals surface area contributed by atoms with Gasteiger partial charge in [-0.1, -0.05) is 34.8 Å². The van der Waals surface area contributed by atoms with Crippen LogP contribution in [-0.4, -0.2) is 27.8 Å². The molecule has 10 heteroatoms. The highest BCUT2D eigenvalue weighted by Gasteiger charge is 2.41. The fraction of sp³-hybridized carbons (Fsp3) is 0.143. The van der Waals surface area contributed by atoms with Crippen molar-refractivity contribution in [2.24, 2.45) is 5.10 Å². The van der Waals surface area contributed by atoms with E-state index in [4.69, 9.17) is 34.8 Å². The number of halogens is 3. The molecule has 1 aliphatic heterocycles. The van der Waals surface area contributed by atoms with Crippen molar-refractivity contribution in [3.05, 3.63) is 45.2 Å². The van der Waals surface area contributed by atoms with Crippen LogP contribution in [0, 0.1) is 0 Å². The predicted molar refractivity (Wildman–Crippen MR) is 91.5 cm³/mol. The molecule has 0 fully saturated rings. The van der Waals surface area contributed by atoms with Gasteiger partial charge in [0.15, 0.2) is 0 Å². The molecule has 1 aromatic heterocycles. The summed E-state index contributed by atoms with van der Waals surface area (Å²) in [5, 5.41) is 15.0. The third-order valence-corrected chi connectivity index (χ3v) is 4.06. The number of carbonyl (C=O) groups is 2. The average molecular weight is 387 g/mol. The van der Waals surface area contributed by atoms with E-state index in [1.807, 2.05) is 0 Å². The van der Waals surface area contributed by atoms with Crippen LogP contribution in [0.5, 0.6) is 0 Å². The summed E-state index contributed by atoms with van der Waals surface area (Å²) in [5.41, 5.74) is 0.675. The molecule has 2 N–H and O–H groups in total. The molecule has 1 aliphatic rings. The van der Waals surface area contributed by atoms with Crippen molar-refractivity contribution < 1.29 is 9.59 Å². The van der Waals surface area contributed by atoms with Crippen LogP contribution in [0.4, 0.5) is 5.69 Å². The van der Waals surface area contributed by atoms with E-state index in [1.54, 1.807) is 6.07 Å². The largest absolute Gasteiger partial charge is 0.312 e. The van der Waals surface area contributed by atoms with E-state index in [0.717, 1.165) is 5.01 Å². The van der Waals surface area contributed by atoms with Crippen LogP contribution in [0.2, 0.25) is 15.1 Å². The summed E-state index contributed by atoms with van der Waals surface area (Å²) >= 11 is 18.2. The average Bonchev–Trinajstić information content (AvgIpc) is 3.06. The molecule has 2 aromatic rings. The van der Waals surface area contributed by atoms with E-state index in [9.17, 15) is 9.59 Å². The van der Waals surface area contributed by atoms with Gasteiger partial charge >= 0.3 is 0 Å². The van der Waals surface area contributed by atoms with Crippen molar-refractivity contribution in [2.75, 3.05) is 5.01 Å². The first-order valence-electron chi connectivity index (χ1n) is 6.72. The maximum Gasteiger partial charge on any atom is 0.264 e. The van der Waals surface area contributed by atoms with Gasteiger partial charge in [0, 0.05) is 18.1 Å². The molecular formula is C14H10Cl3N5O2. The third-order valence-electron chi connectivity index (χ3n) is 3.27. The number of carbonyl (C=O) groups excluding carboxylic acids is 2. The highest BCUT2D eigenvalue weighted by Crippen LogP contribution is 2.40. The second-order valence-corrected chi connectivity index (χ2v) is 6.23. The molecule has 7 nitrogen and oxygen atoms in total. The van der Waals surface area contributed by atoms with Crippen molar-refractivity contribution in [2.45, 2.75) is 12.8 Å². The third kappa shape index (κ3) is 2.98. The lowest BCUT2D eigenvalue weighted by atomic mass is 10.0. The Bertz CT molecular complexity index is 827. The van der Waals surface area contributed by atoms with Crippen molar-refractivity contribution in [3.63, 3.8) is 0 Å². The van der Waals surface area contributed by atoms with Gasteiger partial charge in [-0.25, -0.2) is 0 Å².